The molecule has 2 heterocycles. The maximum atomic E-state index is 12.6. The zero-order chi connectivity index (χ0) is 17.2. The molecule has 5 nitrogen and oxygen atoms in total. The van der Waals surface area contributed by atoms with E-state index in [1.54, 1.807) is 30.3 Å². The van der Waals surface area contributed by atoms with Crippen molar-refractivity contribution in [2.75, 3.05) is 13.1 Å². The summed E-state index contributed by atoms with van der Waals surface area (Å²) < 4.78 is 30.4. The fraction of sp³-hybridized carbons (Fsp3) is 0.235. The third-order valence-electron chi connectivity index (χ3n) is 3.97. The number of furan rings is 1. The van der Waals surface area contributed by atoms with Gasteiger partial charge in [0.15, 0.2) is 9.84 Å². The second kappa shape index (κ2) is 6.83. The average molecular weight is 366 g/mol. The lowest BCUT2D eigenvalue weighted by Crippen LogP contribution is -2.30. The Morgan fingerprint density at radius 1 is 1.25 bits per heavy atom. The van der Waals surface area contributed by atoms with Crippen LogP contribution in [0.5, 0.6) is 0 Å². The molecule has 1 saturated heterocycles. The highest BCUT2D eigenvalue weighted by atomic mass is 35.5. The van der Waals surface area contributed by atoms with Gasteiger partial charge in [-0.25, -0.2) is 8.42 Å². The zero-order valence-corrected chi connectivity index (χ0v) is 14.3. The second-order valence-corrected chi connectivity index (χ2v) is 8.21. The first-order valence-electron chi connectivity index (χ1n) is 7.47. The van der Waals surface area contributed by atoms with Crippen LogP contribution < -0.4 is 0 Å². The van der Waals surface area contributed by atoms with Crippen molar-refractivity contribution >= 4 is 33.4 Å². The van der Waals surface area contributed by atoms with Crippen molar-refractivity contribution < 1.29 is 17.6 Å². The number of hydrogen-bond acceptors (Lipinski definition) is 4. The molecule has 1 aromatic carbocycles. The minimum atomic E-state index is -3.48. The van der Waals surface area contributed by atoms with Crippen LogP contribution in [0.3, 0.4) is 0 Å². The Bertz CT molecular complexity index is 841. The van der Waals surface area contributed by atoms with Crippen molar-refractivity contribution in [2.45, 2.75) is 16.6 Å². The average Bonchev–Trinajstić information content (AvgIpc) is 3.25. The third-order valence-corrected chi connectivity index (χ3v) is 6.41. The van der Waals surface area contributed by atoms with Gasteiger partial charge in [0, 0.05) is 24.2 Å². The molecular formula is C17H16ClNO4S. The monoisotopic (exact) mass is 365 g/mol. The van der Waals surface area contributed by atoms with Crippen molar-refractivity contribution in [1.29, 1.82) is 0 Å². The molecule has 24 heavy (non-hydrogen) atoms. The lowest BCUT2D eigenvalue weighted by molar-refractivity contribution is -0.124. The molecule has 0 spiro atoms. The summed E-state index contributed by atoms with van der Waals surface area (Å²) in [4.78, 5) is 14.0. The van der Waals surface area contributed by atoms with Gasteiger partial charge >= 0.3 is 0 Å². The van der Waals surface area contributed by atoms with E-state index in [4.69, 9.17) is 16.0 Å². The van der Waals surface area contributed by atoms with Gasteiger partial charge in [0.25, 0.3) is 0 Å². The minimum absolute atomic E-state index is 0.187. The van der Waals surface area contributed by atoms with E-state index in [1.807, 2.05) is 0 Å². The third kappa shape index (κ3) is 3.55. The minimum Gasteiger partial charge on any atom is -0.465 e. The topological polar surface area (TPSA) is 67.6 Å². The lowest BCUT2D eigenvalue weighted by atomic mass is 10.3. The van der Waals surface area contributed by atoms with E-state index in [9.17, 15) is 13.2 Å². The molecule has 7 heteroatoms. The number of amides is 1. The van der Waals surface area contributed by atoms with E-state index in [1.165, 1.54) is 29.4 Å². The molecule has 1 amide bonds. The molecule has 1 unspecified atom stereocenters. The van der Waals surface area contributed by atoms with Crippen LogP contribution in [0.15, 0.2) is 58.1 Å². The quantitative estimate of drug-likeness (QED) is 0.781. The Hall–Kier alpha value is -2.05. The van der Waals surface area contributed by atoms with E-state index >= 15 is 0 Å². The first-order valence-corrected chi connectivity index (χ1v) is 9.39. The summed E-state index contributed by atoms with van der Waals surface area (Å²) in [5, 5.41) is -0.111. The number of carbonyl (C=O) groups excluding carboxylic acids is 1. The predicted octanol–water partition coefficient (Wildman–Crippen LogP) is 3.02. The molecule has 1 aliphatic rings. The molecule has 1 aromatic heterocycles. The Kier molecular flexibility index (Phi) is 4.78. The summed E-state index contributed by atoms with van der Waals surface area (Å²) in [6.07, 6.45) is 4.92. The van der Waals surface area contributed by atoms with Crippen molar-refractivity contribution in [3.05, 3.63) is 59.5 Å². The fourth-order valence-corrected chi connectivity index (χ4v) is 4.46. The van der Waals surface area contributed by atoms with Crippen LogP contribution in [-0.2, 0) is 14.6 Å². The highest BCUT2D eigenvalue weighted by Crippen LogP contribution is 2.25. The Labute approximate surface area is 145 Å². The van der Waals surface area contributed by atoms with E-state index < -0.39 is 15.1 Å². The molecular weight excluding hydrogens is 350 g/mol. The van der Waals surface area contributed by atoms with Crippen LogP contribution in [0.4, 0.5) is 0 Å². The van der Waals surface area contributed by atoms with E-state index in [-0.39, 0.29) is 17.3 Å². The molecule has 1 fully saturated rings. The van der Waals surface area contributed by atoms with E-state index in [0.29, 0.717) is 23.7 Å². The summed E-state index contributed by atoms with van der Waals surface area (Å²) in [5.74, 6) is 0.355. The molecule has 0 aliphatic carbocycles. The van der Waals surface area contributed by atoms with Gasteiger partial charge < -0.3 is 9.32 Å². The van der Waals surface area contributed by atoms with Gasteiger partial charge in [-0.3, -0.25) is 4.79 Å². The van der Waals surface area contributed by atoms with Crippen molar-refractivity contribution in [3.8, 4) is 0 Å². The van der Waals surface area contributed by atoms with Gasteiger partial charge in [0.2, 0.25) is 5.91 Å². The molecule has 0 saturated carbocycles. The van der Waals surface area contributed by atoms with Gasteiger partial charge in [0.1, 0.15) is 5.76 Å². The maximum Gasteiger partial charge on any atom is 0.246 e. The molecule has 3 rings (SSSR count). The maximum absolute atomic E-state index is 12.6. The Balaban J connectivity index is 1.68. The van der Waals surface area contributed by atoms with Gasteiger partial charge in [-0.15, -0.1) is 0 Å². The number of sulfone groups is 1. The number of hydrogen-bond donors (Lipinski definition) is 0. The largest absolute Gasteiger partial charge is 0.465 e. The molecule has 0 bridgehead atoms. The van der Waals surface area contributed by atoms with Gasteiger partial charge in [-0.05, 0) is 48.9 Å². The first kappa shape index (κ1) is 16.8. The molecule has 0 N–H and O–H groups in total. The van der Waals surface area contributed by atoms with Gasteiger partial charge in [0.05, 0.1) is 16.4 Å². The Morgan fingerprint density at radius 2 is 2.00 bits per heavy atom. The highest BCUT2D eigenvalue weighted by Gasteiger charge is 2.35. The number of nitrogens with zero attached hydrogens (tertiary/aromatic N) is 1. The van der Waals surface area contributed by atoms with Crippen molar-refractivity contribution in [3.63, 3.8) is 0 Å². The number of carbonyl (C=O) groups is 1. The molecule has 0 radical (unpaired) electrons. The number of likely N-dealkylation sites (tertiary alicyclic amines) is 1. The molecule has 2 aromatic rings. The first-order chi connectivity index (χ1) is 11.5. The standard InChI is InChI=1S/C17H16ClNO4S/c18-13-3-6-15(7-4-13)24(21,22)16-9-10-19(12-16)17(20)8-5-14-2-1-11-23-14/h1-8,11,16H,9-10,12H2/b8-5+. The van der Waals surface area contributed by atoms with Gasteiger partial charge in [-0.1, -0.05) is 11.6 Å². The summed E-state index contributed by atoms with van der Waals surface area (Å²) in [5.41, 5.74) is 0. The number of halogens is 1. The van der Waals surface area contributed by atoms with Crippen LogP contribution in [-0.4, -0.2) is 37.6 Å². The van der Waals surface area contributed by atoms with E-state index in [2.05, 4.69) is 0 Å². The second-order valence-electron chi connectivity index (χ2n) is 5.54. The molecule has 1 atom stereocenters. The Morgan fingerprint density at radius 3 is 2.67 bits per heavy atom. The van der Waals surface area contributed by atoms with E-state index in [0.717, 1.165) is 0 Å². The van der Waals surface area contributed by atoms with Crippen LogP contribution >= 0.6 is 11.6 Å². The fourth-order valence-electron chi connectivity index (χ4n) is 2.64. The van der Waals surface area contributed by atoms with Crippen LogP contribution in [0.2, 0.25) is 5.02 Å². The van der Waals surface area contributed by atoms with Crippen LogP contribution in [0.25, 0.3) is 6.08 Å². The lowest BCUT2D eigenvalue weighted by Gasteiger charge is -2.15. The van der Waals surface area contributed by atoms with Crippen molar-refractivity contribution in [2.24, 2.45) is 0 Å². The predicted molar refractivity (Wildman–Crippen MR) is 91.4 cm³/mol. The smallest absolute Gasteiger partial charge is 0.246 e. The summed E-state index contributed by atoms with van der Waals surface area (Å²) >= 11 is 5.80. The van der Waals surface area contributed by atoms with Crippen molar-refractivity contribution in [1.82, 2.24) is 4.90 Å². The summed E-state index contributed by atoms with van der Waals surface area (Å²) in [6.45, 7) is 0.602. The molecule has 126 valence electrons. The normalized spacial score (nSPS) is 18.4. The van der Waals surface area contributed by atoms with Crippen LogP contribution in [0.1, 0.15) is 12.2 Å². The number of benzene rings is 1. The van der Waals surface area contributed by atoms with Crippen LogP contribution in [0, 0.1) is 0 Å². The summed E-state index contributed by atoms with van der Waals surface area (Å²) in [7, 11) is -3.48. The van der Waals surface area contributed by atoms with Gasteiger partial charge in [-0.2, -0.15) is 0 Å². The zero-order valence-electron chi connectivity index (χ0n) is 12.8. The highest BCUT2D eigenvalue weighted by molar-refractivity contribution is 7.92. The number of rotatable bonds is 4. The summed E-state index contributed by atoms with van der Waals surface area (Å²) in [6, 6.07) is 9.57. The molecule has 1 aliphatic heterocycles. The SMILES string of the molecule is O=C(/C=C/c1ccco1)N1CCC(S(=O)(=O)c2ccc(Cl)cc2)C1.